The molecule has 1 saturated heterocycles. The van der Waals surface area contributed by atoms with E-state index in [1.54, 1.807) is 41.3 Å². The number of halogens is 1. The second-order valence-electron chi connectivity index (χ2n) is 5.31. The third-order valence-electron chi connectivity index (χ3n) is 3.70. The lowest BCUT2D eigenvalue weighted by molar-refractivity contribution is -0.148. The summed E-state index contributed by atoms with van der Waals surface area (Å²) >= 11 is 0. The van der Waals surface area contributed by atoms with Crippen molar-refractivity contribution in [2.24, 2.45) is 0 Å². The standard InChI is InChI=1S/C18H21FN2O3/c1-2-3-4-9-18(23)24-14-17(22)21-12-10-20(11-13-21)16-8-6-5-7-15(16)19/h2-9H,10-14H2,1H3/b3-2+,9-4+. The molecule has 6 heteroatoms. The monoisotopic (exact) mass is 332 g/mol. The van der Waals surface area contributed by atoms with E-state index in [4.69, 9.17) is 4.74 Å². The first-order valence-corrected chi connectivity index (χ1v) is 7.85. The SMILES string of the molecule is C/C=C/C=C/C(=O)OCC(=O)N1CCN(c2ccccc2F)CC1. The van der Waals surface area contributed by atoms with Crippen LogP contribution in [-0.2, 0) is 14.3 Å². The lowest BCUT2D eigenvalue weighted by Gasteiger charge is -2.36. The van der Waals surface area contributed by atoms with Gasteiger partial charge in [-0.25, -0.2) is 9.18 Å². The van der Waals surface area contributed by atoms with Crippen LogP contribution in [0.4, 0.5) is 10.1 Å². The van der Waals surface area contributed by atoms with E-state index in [1.807, 2.05) is 11.8 Å². The van der Waals surface area contributed by atoms with Crippen LogP contribution in [0.15, 0.2) is 48.6 Å². The van der Waals surface area contributed by atoms with Gasteiger partial charge in [-0.3, -0.25) is 4.79 Å². The summed E-state index contributed by atoms with van der Waals surface area (Å²) in [7, 11) is 0. The highest BCUT2D eigenvalue weighted by Gasteiger charge is 2.23. The fourth-order valence-electron chi connectivity index (χ4n) is 2.42. The van der Waals surface area contributed by atoms with Gasteiger partial charge >= 0.3 is 5.97 Å². The van der Waals surface area contributed by atoms with Gasteiger partial charge in [-0.2, -0.15) is 0 Å². The van der Waals surface area contributed by atoms with Crippen LogP contribution in [-0.4, -0.2) is 49.6 Å². The Hall–Kier alpha value is -2.63. The van der Waals surface area contributed by atoms with Gasteiger partial charge < -0.3 is 14.5 Å². The maximum absolute atomic E-state index is 13.8. The molecule has 2 rings (SSSR count). The summed E-state index contributed by atoms with van der Waals surface area (Å²) < 4.78 is 18.7. The molecule has 0 saturated carbocycles. The third kappa shape index (κ3) is 4.94. The van der Waals surface area contributed by atoms with Crippen LogP contribution in [0.2, 0.25) is 0 Å². The molecule has 1 fully saturated rings. The van der Waals surface area contributed by atoms with Crippen LogP contribution in [0.1, 0.15) is 6.92 Å². The van der Waals surface area contributed by atoms with Gasteiger partial charge in [0, 0.05) is 32.3 Å². The number of esters is 1. The van der Waals surface area contributed by atoms with Gasteiger partial charge in [0.25, 0.3) is 5.91 Å². The van der Waals surface area contributed by atoms with Crippen molar-refractivity contribution in [1.29, 1.82) is 0 Å². The molecule has 1 aliphatic heterocycles. The second-order valence-corrected chi connectivity index (χ2v) is 5.31. The van der Waals surface area contributed by atoms with Crippen LogP contribution in [0.5, 0.6) is 0 Å². The average molecular weight is 332 g/mol. The molecule has 0 bridgehead atoms. The van der Waals surface area contributed by atoms with Gasteiger partial charge in [-0.05, 0) is 19.1 Å². The number of hydrogen-bond donors (Lipinski definition) is 0. The summed E-state index contributed by atoms with van der Waals surface area (Å²) in [5.41, 5.74) is 0.546. The first-order chi connectivity index (χ1) is 11.6. The molecule has 5 nitrogen and oxygen atoms in total. The first-order valence-electron chi connectivity index (χ1n) is 7.85. The van der Waals surface area contributed by atoms with Crippen LogP contribution in [0.3, 0.4) is 0 Å². The van der Waals surface area contributed by atoms with Crippen molar-refractivity contribution in [2.75, 3.05) is 37.7 Å². The van der Waals surface area contributed by atoms with Crippen LogP contribution < -0.4 is 4.90 Å². The van der Waals surface area contributed by atoms with E-state index in [0.29, 0.717) is 31.9 Å². The number of carbonyl (C=O) groups is 2. The molecule has 0 N–H and O–H groups in total. The van der Waals surface area contributed by atoms with E-state index in [-0.39, 0.29) is 18.3 Å². The molecule has 0 spiro atoms. The molecular weight excluding hydrogens is 311 g/mol. The Kier molecular flexibility index (Phi) is 6.54. The number of piperazine rings is 1. The molecular formula is C18H21FN2O3. The molecule has 128 valence electrons. The molecule has 1 aliphatic rings. The number of nitrogens with zero attached hydrogens (tertiary/aromatic N) is 2. The van der Waals surface area contributed by atoms with Crippen LogP contribution >= 0.6 is 0 Å². The van der Waals surface area contributed by atoms with Gasteiger partial charge in [-0.15, -0.1) is 0 Å². The highest BCUT2D eigenvalue weighted by Crippen LogP contribution is 2.20. The van der Waals surface area contributed by atoms with Crippen molar-refractivity contribution in [1.82, 2.24) is 4.90 Å². The second kappa shape index (κ2) is 8.86. The Balaban J connectivity index is 1.78. The summed E-state index contributed by atoms with van der Waals surface area (Å²) in [6.45, 7) is 3.58. The van der Waals surface area contributed by atoms with Crippen molar-refractivity contribution in [3.8, 4) is 0 Å². The zero-order valence-electron chi connectivity index (χ0n) is 13.7. The minimum atomic E-state index is -0.550. The molecule has 1 heterocycles. The fourth-order valence-corrected chi connectivity index (χ4v) is 2.42. The van der Waals surface area contributed by atoms with E-state index < -0.39 is 5.97 Å². The molecule has 0 aliphatic carbocycles. The number of benzene rings is 1. The quantitative estimate of drug-likeness (QED) is 0.471. The zero-order valence-corrected chi connectivity index (χ0v) is 13.7. The lowest BCUT2D eigenvalue weighted by Crippen LogP contribution is -2.50. The van der Waals surface area contributed by atoms with Gasteiger partial charge in [-0.1, -0.05) is 30.4 Å². The number of rotatable bonds is 5. The van der Waals surface area contributed by atoms with E-state index in [2.05, 4.69) is 0 Å². The Labute approximate surface area is 141 Å². The Morgan fingerprint density at radius 3 is 2.54 bits per heavy atom. The number of ether oxygens (including phenoxy) is 1. The third-order valence-corrected chi connectivity index (χ3v) is 3.70. The molecule has 24 heavy (non-hydrogen) atoms. The number of hydrogen-bond acceptors (Lipinski definition) is 4. The molecule has 0 atom stereocenters. The normalized spacial score (nSPS) is 15.2. The van der Waals surface area contributed by atoms with Gasteiger partial charge in [0.15, 0.2) is 6.61 Å². The van der Waals surface area contributed by atoms with Crippen LogP contribution in [0, 0.1) is 5.82 Å². The summed E-state index contributed by atoms with van der Waals surface area (Å²) in [5, 5.41) is 0. The predicted molar refractivity (Wildman–Crippen MR) is 90.1 cm³/mol. The number of carbonyl (C=O) groups excluding carboxylic acids is 2. The Bertz CT molecular complexity index is 635. The molecule has 0 aromatic heterocycles. The van der Waals surface area contributed by atoms with Gasteiger partial charge in [0.1, 0.15) is 5.82 Å². The lowest BCUT2D eigenvalue weighted by atomic mass is 10.2. The molecule has 0 unspecified atom stereocenters. The van der Waals surface area contributed by atoms with Crippen molar-refractivity contribution in [3.05, 3.63) is 54.4 Å². The first kappa shape index (κ1) is 17.7. The minimum absolute atomic E-state index is 0.240. The topological polar surface area (TPSA) is 49.9 Å². The minimum Gasteiger partial charge on any atom is -0.452 e. The molecule has 1 amide bonds. The largest absolute Gasteiger partial charge is 0.452 e. The number of para-hydroxylation sites is 1. The highest BCUT2D eigenvalue weighted by atomic mass is 19.1. The van der Waals surface area contributed by atoms with Crippen LogP contribution in [0.25, 0.3) is 0 Å². The van der Waals surface area contributed by atoms with Gasteiger partial charge in [0.2, 0.25) is 0 Å². The highest BCUT2D eigenvalue weighted by molar-refractivity contribution is 5.86. The van der Waals surface area contributed by atoms with E-state index in [1.165, 1.54) is 12.1 Å². The van der Waals surface area contributed by atoms with Crippen molar-refractivity contribution in [2.45, 2.75) is 6.92 Å². The van der Waals surface area contributed by atoms with Crippen molar-refractivity contribution in [3.63, 3.8) is 0 Å². The maximum atomic E-state index is 13.8. The number of allylic oxidation sites excluding steroid dienone is 3. The Morgan fingerprint density at radius 2 is 1.88 bits per heavy atom. The molecule has 0 radical (unpaired) electrons. The number of anilines is 1. The van der Waals surface area contributed by atoms with E-state index in [0.717, 1.165) is 0 Å². The van der Waals surface area contributed by atoms with Crippen molar-refractivity contribution < 1.29 is 18.7 Å². The predicted octanol–water partition coefficient (Wildman–Crippen LogP) is 2.15. The summed E-state index contributed by atoms with van der Waals surface area (Å²) in [6, 6.07) is 6.59. The summed E-state index contributed by atoms with van der Waals surface area (Å²) in [6.07, 6.45) is 6.30. The van der Waals surface area contributed by atoms with Crippen molar-refractivity contribution >= 4 is 17.6 Å². The van der Waals surface area contributed by atoms with Gasteiger partial charge in [0.05, 0.1) is 5.69 Å². The summed E-state index contributed by atoms with van der Waals surface area (Å²) in [4.78, 5) is 27.0. The Morgan fingerprint density at radius 1 is 1.17 bits per heavy atom. The number of amides is 1. The molecule has 1 aromatic carbocycles. The smallest absolute Gasteiger partial charge is 0.331 e. The average Bonchev–Trinajstić information content (AvgIpc) is 2.60. The van der Waals surface area contributed by atoms with E-state index >= 15 is 0 Å². The fraction of sp³-hybridized carbons (Fsp3) is 0.333. The summed E-state index contributed by atoms with van der Waals surface area (Å²) in [5.74, 6) is -1.05. The van der Waals surface area contributed by atoms with E-state index in [9.17, 15) is 14.0 Å². The zero-order chi connectivity index (χ0) is 17.4. The molecule has 1 aromatic rings. The maximum Gasteiger partial charge on any atom is 0.331 e.